The van der Waals surface area contributed by atoms with Crippen molar-refractivity contribution < 1.29 is 9.53 Å². The number of hydrogen-bond donors (Lipinski definition) is 2. The number of nitrogens with one attached hydrogen (secondary N) is 2. The van der Waals surface area contributed by atoms with Crippen molar-refractivity contribution in [3.05, 3.63) is 29.8 Å². The van der Waals surface area contributed by atoms with E-state index < -0.39 is 0 Å². The van der Waals surface area contributed by atoms with Gasteiger partial charge in [-0.25, -0.2) is 4.79 Å². The molecule has 0 bridgehead atoms. The third-order valence-corrected chi connectivity index (χ3v) is 2.12. The van der Waals surface area contributed by atoms with Crippen LogP contribution in [-0.4, -0.2) is 26.3 Å². The Kier molecular flexibility index (Phi) is 4.12. The van der Waals surface area contributed by atoms with Gasteiger partial charge in [0.05, 0.1) is 18.8 Å². The largest absolute Gasteiger partial charge is 0.465 e. The summed E-state index contributed by atoms with van der Waals surface area (Å²) in [6.07, 6.45) is 0.189. The van der Waals surface area contributed by atoms with Crippen LogP contribution in [0.3, 0.4) is 0 Å². The molecule has 1 aromatic rings. The molecule has 0 spiro atoms. The van der Waals surface area contributed by atoms with E-state index in [0.29, 0.717) is 5.56 Å². The Morgan fingerprint density at radius 1 is 1.33 bits per heavy atom. The van der Waals surface area contributed by atoms with Gasteiger partial charge in [-0.15, -0.1) is 0 Å². The first-order valence-corrected chi connectivity index (χ1v) is 4.79. The molecule has 0 aliphatic carbocycles. The van der Waals surface area contributed by atoms with E-state index in [0.717, 1.165) is 5.69 Å². The first-order valence-electron chi connectivity index (χ1n) is 4.79. The highest BCUT2D eigenvalue weighted by atomic mass is 16.5. The fourth-order valence-corrected chi connectivity index (χ4v) is 1.14. The lowest BCUT2D eigenvalue weighted by molar-refractivity contribution is 0.0601. The molecule has 2 N–H and O–H groups in total. The fourth-order valence-electron chi connectivity index (χ4n) is 1.14. The van der Waals surface area contributed by atoms with Crippen molar-refractivity contribution in [3.63, 3.8) is 0 Å². The molecule has 15 heavy (non-hydrogen) atoms. The molecule has 1 rings (SSSR count). The topological polar surface area (TPSA) is 50.4 Å². The molecule has 1 aromatic carbocycles. The summed E-state index contributed by atoms with van der Waals surface area (Å²) in [5.74, 6) is -0.316. The van der Waals surface area contributed by atoms with Gasteiger partial charge in [-0.1, -0.05) is 0 Å². The van der Waals surface area contributed by atoms with Gasteiger partial charge in [0, 0.05) is 5.69 Å². The molecule has 0 heterocycles. The van der Waals surface area contributed by atoms with Crippen molar-refractivity contribution in [2.24, 2.45) is 0 Å². The van der Waals surface area contributed by atoms with Crippen LogP contribution in [-0.2, 0) is 4.74 Å². The third-order valence-electron chi connectivity index (χ3n) is 2.12. The van der Waals surface area contributed by atoms with Gasteiger partial charge in [-0.3, -0.25) is 0 Å². The van der Waals surface area contributed by atoms with E-state index in [1.165, 1.54) is 7.11 Å². The van der Waals surface area contributed by atoms with E-state index in [2.05, 4.69) is 15.4 Å². The molecular formula is C11H16N2O2. The van der Waals surface area contributed by atoms with Gasteiger partial charge in [0.1, 0.15) is 0 Å². The summed E-state index contributed by atoms with van der Waals surface area (Å²) in [7, 11) is 3.25. The second-order valence-electron chi connectivity index (χ2n) is 3.22. The SMILES string of the molecule is CNC(C)Nc1ccc(C(=O)OC)cc1. The average Bonchev–Trinajstić information content (AvgIpc) is 2.29. The molecule has 0 saturated heterocycles. The first-order chi connectivity index (χ1) is 7.17. The maximum Gasteiger partial charge on any atom is 0.337 e. The zero-order valence-corrected chi connectivity index (χ0v) is 9.20. The molecule has 4 nitrogen and oxygen atoms in total. The predicted octanol–water partition coefficient (Wildman–Crippen LogP) is 1.45. The number of methoxy groups -OCH3 is 1. The lowest BCUT2D eigenvalue weighted by Crippen LogP contribution is -2.29. The number of hydrogen-bond acceptors (Lipinski definition) is 4. The van der Waals surface area contributed by atoms with Crippen molar-refractivity contribution in [2.75, 3.05) is 19.5 Å². The second kappa shape index (κ2) is 5.36. The Hall–Kier alpha value is -1.55. The molecule has 0 saturated carbocycles. The molecular weight excluding hydrogens is 192 g/mol. The minimum absolute atomic E-state index is 0.189. The van der Waals surface area contributed by atoms with E-state index in [1.54, 1.807) is 12.1 Å². The standard InChI is InChI=1S/C11H16N2O2/c1-8(12-2)13-10-6-4-9(5-7-10)11(14)15-3/h4-8,12-13H,1-3H3. The molecule has 0 aliphatic heterocycles. The number of esters is 1. The van der Waals surface area contributed by atoms with E-state index >= 15 is 0 Å². The van der Waals surface area contributed by atoms with Crippen LogP contribution >= 0.6 is 0 Å². The lowest BCUT2D eigenvalue weighted by Gasteiger charge is -2.13. The summed E-state index contributed by atoms with van der Waals surface area (Å²) in [5.41, 5.74) is 1.52. The lowest BCUT2D eigenvalue weighted by atomic mass is 10.2. The van der Waals surface area contributed by atoms with Gasteiger partial charge in [0.15, 0.2) is 0 Å². The van der Waals surface area contributed by atoms with Crippen LogP contribution in [0.2, 0.25) is 0 Å². The molecule has 0 aliphatic rings. The molecule has 0 fully saturated rings. The molecule has 4 heteroatoms. The van der Waals surface area contributed by atoms with Crippen molar-refractivity contribution in [2.45, 2.75) is 13.1 Å². The van der Waals surface area contributed by atoms with Gasteiger partial charge in [0.2, 0.25) is 0 Å². The number of carbonyl (C=O) groups is 1. The highest BCUT2D eigenvalue weighted by Gasteiger charge is 2.04. The van der Waals surface area contributed by atoms with Crippen LogP contribution in [0.25, 0.3) is 0 Å². The summed E-state index contributed by atoms with van der Waals surface area (Å²) in [6.45, 7) is 2.01. The van der Waals surface area contributed by atoms with Crippen LogP contribution in [0, 0.1) is 0 Å². The Balaban J connectivity index is 2.68. The van der Waals surface area contributed by atoms with Gasteiger partial charge in [0.25, 0.3) is 0 Å². The highest BCUT2D eigenvalue weighted by molar-refractivity contribution is 5.89. The summed E-state index contributed by atoms with van der Waals surface area (Å²) >= 11 is 0. The molecule has 0 amide bonds. The normalized spacial score (nSPS) is 11.9. The average molecular weight is 208 g/mol. The van der Waals surface area contributed by atoms with E-state index in [9.17, 15) is 4.79 Å². The van der Waals surface area contributed by atoms with Crippen molar-refractivity contribution in [3.8, 4) is 0 Å². The summed E-state index contributed by atoms with van der Waals surface area (Å²) in [5, 5.41) is 6.27. The second-order valence-corrected chi connectivity index (χ2v) is 3.22. The highest BCUT2D eigenvalue weighted by Crippen LogP contribution is 2.10. The Morgan fingerprint density at radius 2 is 1.93 bits per heavy atom. The van der Waals surface area contributed by atoms with Crippen LogP contribution < -0.4 is 10.6 Å². The minimum Gasteiger partial charge on any atom is -0.465 e. The maximum atomic E-state index is 11.1. The van der Waals surface area contributed by atoms with E-state index in [-0.39, 0.29) is 12.1 Å². The quantitative estimate of drug-likeness (QED) is 0.581. The number of rotatable bonds is 4. The number of carbonyl (C=O) groups excluding carboxylic acids is 1. The monoisotopic (exact) mass is 208 g/mol. The van der Waals surface area contributed by atoms with Crippen LogP contribution in [0.15, 0.2) is 24.3 Å². The first kappa shape index (κ1) is 11.5. The summed E-state index contributed by atoms with van der Waals surface area (Å²) in [6, 6.07) is 7.16. The Labute approximate surface area is 89.6 Å². The predicted molar refractivity (Wildman–Crippen MR) is 59.9 cm³/mol. The van der Waals surface area contributed by atoms with Crippen LogP contribution in [0.4, 0.5) is 5.69 Å². The zero-order chi connectivity index (χ0) is 11.3. The molecule has 82 valence electrons. The van der Waals surface area contributed by atoms with Gasteiger partial charge >= 0.3 is 5.97 Å². The third kappa shape index (κ3) is 3.25. The number of ether oxygens (including phenoxy) is 1. The fraction of sp³-hybridized carbons (Fsp3) is 0.364. The van der Waals surface area contributed by atoms with E-state index in [4.69, 9.17) is 0 Å². The van der Waals surface area contributed by atoms with Crippen LogP contribution in [0.5, 0.6) is 0 Å². The van der Waals surface area contributed by atoms with Gasteiger partial charge in [-0.05, 0) is 38.2 Å². The maximum absolute atomic E-state index is 11.1. The van der Waals surface area contributed by atoms with E-state index in [1.807, 2.05) is 26.1 Å². The van der Waals surface area contributed by atoms with Crippen molar-refractivity contribution in [1.29, 1.82) is 0 Å². The molecule has 0 radical (unpaired) electrons. The van der Waals surface area contributed by atoms with Crippen molar-refractivity contribution >= 4 is 11.7 Å². The Bertz CT molecular complexity index is 322. The van der Waals surface area contributed by atoms with Gasteiger partial charge < -0.3 is 15.4 Å². The number of anilines is 1. The molecule has 0 aromatic heterocycles. The van der Waals surface area contributed by atoms with Gasteiger partial charge in [-0.2, -0.15) is 0 Å². The van der Waals surface area contributed by atoms with Crippen molar-refractivity contribution in [1.82, 2.24) is 5.32 Å². The Morgan fingerprint density at radius 3 is 2.40 bits per heavy atom. The molecule has 1 unspecified atom stereocenters. The minimum atomic E-state index is -0.316. The number of benzene rings is 1. The molecule has 1 atom stereocenters. The summed E-state index contributed by atoms with van der Waals surface area (Å²) in [4.78, 5) is 11.1. The summed E-state index contributed by atoms with van der Waals surface area (Å²) < 4.78 is 4.61. The van der Waals surface area contributed by atoms with Crippen LogP contribution in [0.1, 0.15) is 17.3 Å². The smallest absolute Gasteiger partial charge is 0.337 e. The zero-order valence-electron chi connectivity index (χ0n) is 9.20.